The first kappa shape index (κ1) is 9.17. The van der Waals surface area contributed by atoms with Crippen molar-refractivity contribution in [3.05, 3.63) is 0 Å². The molecule has 2 saturated carbocycles. The van der Waals surface area contributed by atoms with Crippen molar-refractivity contribution < 1.29 is 0 Å². The maximum atomic E-state index is 6.25. The monoisotopic (exact) mass is 194 g/mol. The SMILES string of the molecule is NC1CCCCC1N1CCCC2CC21. The highest BCUT2D eigenvalue weighted by Crippen LogP contribution is 2.45. The van der Waals surface area contributed by atoms with E-state index in [-0.39, 0.29) is 0 Å². The zero-order valence-electron chi connectivity index (χ0n) is 8.99. The highest BCUT2D eigenvalue weighted by molar-refractivity contribution is 5.02. The fourth-order valence-electron chi connectivity index (χ4n) is 3.61. The average molecular weight is 194 g/mol. The highest BCUT2D eigenvalue weighted by Gasteiger charge is 2.47. The maximum Gasteiger partial charge on any atom is 0.0250 e. The van der Waals surface area contributed by atoms with E-state index in [2.05, 4.69) is 4.90 Å². The molecule has 0 amide bonds. The molecule has 2 N–H and O–H groups in total. The lowest BCUT2D eigenvalue weighted by Gasteiger charge is -2.40. The number of piperidine rings is 1. The number of fused-ring (bicyclic) bond motifs is 1. The molecular formula is C12H22N2. The Bertz CT molecular complexity index is 210. The van der Waals surface area contributed by atoms with Gasteiger partial charge in [0.25, 0.3) is 0 Å². The van der Waals surface area contributed by atoms with Crippen molar-refractivity contribution in [1.29, 1.82) is 0 Å². The molecule has 0 spiro atoms. The quantitative estimate of drug-likeness (QED) is 0.689. The van der Waals surface area contributed by atoms with Gasteiger partial charge in [-0.25, -0.2) is 0 Å². The van der Waals surface area contributed by atoms with Crippen LogP contribution in [0.15, 0.2) is 0 Å². The summed E-state index contributed by atoms with van der Waals surface area (Å²) in [6.07, 6.45) is 9.78. The molecule has 0 aromatic heterocycles. The Morgan fingerprint density at radius 2 is 1.79 bits per heavy atom. The Kier molecular flexibility index (Phi) is 2.29. The normalized spacial score (nSPS) is 48.6. The van der Waals surface area contributed by atoms with Gasteiger partial charge in [-0.2, -0.15) is 0 Å². The third-order valence-electron chi connectivity index (χ3n) is 4.51. The van der Waals surface area contributed by atoms with Crippen molar-refractivity contribution in [3.63, 3.8) is 0 Å². The van der Waals surface area contributed by atoms with Crippen LogP contribution in [0.4, 0.5) is 0 Å². The molecule has 3 aliphatic rings. The Morgan fingerprint density at radius 3 is 2.64 bits per heavy atom. The van der Waals surface area contributed by atoms with Crippen LogP contribution < -0.4 is 5.73 Å². The van der Waals surface area contributed by atoms with Gasteiger partial charge in [0, 0.05) is 18.1 Å². The summed E-state index contributed by atoms with van der Waals surface area (Å²) in [6.45, 7) is 1.33. The van der Waals surface area contributed by atoms with Gasteiger partial charge in [0.05, 0.1) is 0 Å². The van der Waals surface area contributed by atoms with Gasteiger partial charge in [-0.15, -0.1) is 0 Å². The topological polar surface area (TPSA) is 29.3 Å². The largest absolute Gasteiger partial charge is 0.326 e. The molecule has 3 rings (SSSR count). The maximum absolute atomic E-state index is 6.25. The fraction of sp³-hybridized carbons (Fsp3) is 1.00. The summed E-state index contributed by atoms with van der Waals surface area (Å²) in [7, 11) is 0. The molecule has 4 atom stereocenters. The van der Waals surface area contributed by atoms with E-state index in [1.807, 2.05) is 0 Å². The predicted octanol–water partition coefficient (Wildman–Crippen LogP) is 1.74. The van der Waals surface area contributed by atoms with Crippen molar-refractivity contribution >= 4 is 0 Å². The summed E-state index contributed by atoms with van der Waals surface area (Å²) < 4.78 is 0. The van der Waals surface area contributed by atoms with E-state index in [0.717, 1.165) is 18.0 Å². The lowest BCUT2D eigenvalue weighted by molar-refractivity contribution is 0.104. The number of nitrogens with two attached hydrogens (primary N) is 1. The zero-order valence-corrected chi connectivity index (χ0v) is 8.99. The van der Waals surface area contributed by atoms with E-state index in [9.17, 15) is 0 Å². The van der Waals surface area contributed by atoms with Gasteiger partial charge >= 0.3 is 0 Å². The Labute approximate surface area is 86.8 Å². The van der Waals surface area contributed by atoms with Crippen LogP contribution >= 0.6 is 0 Å². The van der Waals surface area contributed by atoms with Gasteiger partial charge < -0.3 is 5.73 Å². The van der Waals surface area contributed by atoms with Gasteiger partial charge in [-0.05, 0) is 44.6 Å². The van der Waals surface area contributed by atoms with Crippen LogP contribution in [-0.2, 0) is 0 Å². The van der Waals surface area contributed by atoms with Crippen molar-refractivity contribution in [2.45, 2.75) is 63.1 Å². The van der Waals surface area contributed by atoms with Gasteiger partial charge in [-0.3, -0.25) is 4.90 Å². The second-order valence-corrected chi connectivity index (χ2v) is 5.46. The zero-order chi connectivity index (χ0) is 9.54. The Balaban J connectivity index is 1.67. The molecule has 2 heteroatoms. The Morgan fingerprint density at radius 1 is 0.929 bits per heavy atom. The molecule has 0 aromatic rings. The third kappa shape index (κ3) is 1.49. The molecule has 1 aliphatic heterocycles. The molecule has 0 bridgehead atoms. The molecule has 1 heterocycles. The van der Waals surface area contributed by atoms with Gasteiger partial charge in [0.2, 0.25) is 0 Å². The highest BCUT2D eigenvalue weighted by atomic mass is 15.2. The summed E-state index contributed by atoms with van der Waals surface area (Å²) in [5.41, 5.74) is 6.25. The number of rotatable bonds is 1. The van der Waals surface area contributed by atoms with Gasteiger partial charge in [-0.1, -0.05) is 12.8 Å². The van der Waals surface area contributed by atoms with Crippen LogP contribution in [0.5, 0.6) is 0 Å². The second-order valence-electron chi connectivity index (χ2n) is 5.46. The van der Waals surface area contributed by atoms with Crippen LogP contribution in [0, 0.1) is 5.92 Å². The summed E-state index contributed by atoms with van der Waals surface area (Å²) in [4.78, 5) is 2.76. The van der Waals surface area contributed by atoms with E-state index in [1.165, 1.54) is 51.5 Å². The van der Waals surface area contributed by atoms with Crippen molar-refractivity contribution in [2.24, 2.45) is 11.7 Å². The van der Waals surface area contributed by atoms with Crippen molar-refractivity contribution in [2.75, 3.05) is 6.54 Å². The van der Waals surface area contributed by atoms with E-state index in [1.54, 1.807) is 0 Å². The number of nitrogens with zero attached hydrogens (tertiary/aromatic N) is 1. The molecule has 2 aliphatic carbocycles. The minimum Gasteiger partial charge on any atom is -0.326 e. The summed E-state index contributed by atoms with van der Waals surface area (Å²) in [6, 6.07) is 2.15. The van der Waals surface area contributed by atoms with E-state index >= 15 is 0 Å². The minimum absolute atomic E-state index is 0.475. The van der Waals surface area contributed by atoms with Crippen molar-refractivity contribution in [1.82, 2.24) is 4.90 Å². The first-order valence-electron chi connectivity index (χ1n) is 6.37. The first-order valence-corrected chi connectivity index (χ1v) is 6.37. The standard InChI is InChI=1S/C12H22N2/c13-10-5-1-2-6-11(10)14-7-3-4-9-8-12(9)14/h9-12H,1-8,13H2. The van der Waals surface area contributed by atoms with E-state index in [4.69, 9.17) is 5.73 Å². The van der Waals surface area contributed by atoms with Gasteiger partial charge in [0.15, 0.2) is 0 Å². The van der Waals surface area contributed by atoms with Crippen LogP contribution in [0.25, 0.3) is 0 Å². The summed E-state index contributed by atoms with van der Waals surface area (Å²) >= 11 is 0. The lowest BCUT2D eigenvalue weighted by atomic mass is 9.89. The second kappa shape index (κ2) is 3.49. The van der Waals surface area contributed by atoms with Crippen LogP contribution in [-0.4, -0.2) is 29.6 Å². The van der Waals surface area contributed by atoms with E-state index < -0.39 is 0 Å². The molecule has 1 saturated heterocycles. The van der Waals surface area contributed by atoms with Crippen LogP contribution in [0.1, 0.15) is 44.9 Å². The number of hydrogen-bond acceptors (Lipinski definition) is 2. The molecular weight excluding hydrogens is 172 g/mol. The first-order chi connectivity index (χ1) is 6.86. The smallest absolute Gasteiger partial charge is 0.0250 e. The third-order valence-corrected chi connectivity index (χ3v) is 4.51. The summed E-state index contributed by atoms with van der Waals surface area (Å²) in [5, 5.41) is 0. The molecule has 0 radical (unpaired) electrons. The molecule has 80 valence electrons. The van der Waals surface area contributed by atoms with Crippen LogP contribution in [0.2, 0.25) is 0 Å². The minimum atomic E-state index is 0.475. The number of hydrogen-bond donors (Lipinski definition) is 1. The predicted molar refractivity (Wildman–Crippen MR) is 58.1 cm³/mol. The number of likely N-dealkylation sites (tertiary alicyclic amines) is 1. The van der Waals surface area contributed by atoms with E-state index in [0.29, 0.717) is 6.04 Å². The van der Waals surface area contributed by atoms with Crippen molar-refractivity contribution in [3.8, 4) is 0 Å². The Hall–Kier alpha value is -0.0800. The molecule has 0 aromatic carbocycles. The molecule has 14 heavy (non-hydrogen) atoms. The fourth-order valence-corrected chi connectivity index (χ4v) is 3.61. The average Bonchev–Trinajstić information content (AvgIpc) is 2.97. The molecule has 3 fully saturated rings. The molecule has 4 unspecified atom stereocenters. The van der Waals surface area contributed by atoms with Gasteiger partial charge in [0.1, 0.15) is 0 Å². The lowest BCUT2D eigenvalue weighted by Crippen LogP contribution is -2.52. The molecule has 2 nitrogen and oxygen atoms in total. The van der Waals surface area contributed by atoms with Crippen LogP contribution in [0.3, 0.4) is 0 Å². The summed E-state index contributed by atoms with van der Waals surface area (Å²) in [5.74, 6) is 1.05.